The number of pyridine rings is 1. The Hall–Kier alpha value is -3.53. The predicted molar refractivity (Wildman–Crippen MR) is 129 cm³/mol. The Kier molecular flexibility index (Phi) is 5.26. The fourth-order valence-electron chi connectivity index (χ4n) is 6.46. The first kappa shape index (κ1) is 22.9. The summed E-state index contributed by atoms with van der Waals surface area (Å²) in [4.78, 5) is 47.1. The monoisotopic (exact) mass is 491 g/mol. The Morgan fingerprint density at radius 1 is 1.17 bits per heavy atom. The van der Waals surface area contributed by atoms with Gasteiger partial charge in [-0.2, -0.15) is 0 Å². The molecule has 5 atom stereocenters. The number of anilines is 2. The van der Waals surface area contributed by atoms with Gasteiger partial charge in [-0.25, -0.2) is 0 Å². The molecule has 2 bridgehead atoms. The van der Waals surface area contributed by atoms with Gasteiger partial charge in [0.25, 0.3) is 0 Å². The van der Waals surface area contributed by atoms with Crippen LogP contribution < -0.4 is 15.5 Å². The molecule has 5 unspecified atom stereocenters. The number of nitrogens with one attached hydrogen (secondary N) is 2. The van der Waals surface area contributed by atoms with Crippen LogP contribution in [0.15, 0.2) is 47.3 Å². The summed E-state index contributed by atoms with van der Waals surface area (Å²) in [6, 6.07) is 4.16. The number of ether oxygens (including phenoxy) is 1. The predicted octanol–water partition coefficient (Wildman–Crippen LogP) is 2.51. The molecule has 4 aliphatic rings. The minimum absolute atomic E-state index is 0.0558. The Labute approximate surface area is 208 Å². The van der Waals surface area contributed by atoms with Crippen LogP contribution in [0.2, 0.25) is 0 Å². The van der Waals surface area contributed by atoms with E-state index >= 15 is 0 Å². The van der Waals surface area contributed by atoms with E-state index in [4.69, 9.17) is 9.26 Å². The largest absolute Gasteiger partial charge is 0.360 e. The minimum Gasteiger partial charge on any atom is -0.360 e. The first-order chi connectivity index (χ1) is 17.3. The van der Waals surface area contributed by atoms with E-state index < -0.39 is 35.0 Å². The lowest BCUT2D eigenvalue weighted by Gasteiger charge is -2.34. The number of aromatic nitrogens is 2. The molecule has 2 aromatic rings. The van der Waals surface area contributed by atoms with Gasteiger partial charge in [0.2, 0.25) is 17.7 Å². The maximum absolute atomic E-state index is 14.1. The SMILES string of the molecule is Cc1cc(NC(=O)C2C3C(=O)N(c4cccnc4)C(C(=O)NC4CCCCC4)C34C=CC2(C)O4)no1. The van der Waals surface area contributed by atoms with Gasteiger partial charge < -0.3 is 19.9 Å². The van der Waals surface area contributed by atoms with Gasteiger partial charge in [0.1, 0.15) is 17.4 Å². The van der Waals surface area contributed by atoms with E-state index in [1.54, 1.807) is 50.5 Å². The first-order valence-electron chi connectivity index (χ1n) is 12.5. The second-order valence-electron chi connectivity index (χ2n) is 10.4. The maximum Gasteiger partial charge on any atom is 0.246 e. The van der Waals surface area contributed by atoms with Gasteiger partial charge in [0.15, 0.2) is 5.82 Å². The molecule has 0 radical (unpaired) electrons. The van der Waals surface area contributed by atoms with Gasteiger partial charge >= 0.3 is 0 Å². The quantitative estimate of drug-likeness (QED) is 0.616. The molecule has 10 nitrogen and oxygen atoms in total. The molecule has 3 fully saturated rings. The van der Waals surface area contributed by atoms with Crippen molar-refractivity contribution in [2.24, 2.45) is 11.8 Å². The van der Waals surface area contributed by atoms with Gasteiger partial charge in [-0.3, -0.25) is 24.3 Å². The van der Waals surface area contributed by atoms with Crippen molar-refractivity contribution in [2.75, 3.05) is 10.2 Å². The third-order valence-corrected chi connectivity index (χ3v) is 7.98. The summed E-state index contributed by atoms with van der Waals surface area (Å²) in [6.45, 7) is 3.51. The number of carbonyl (C=O) groups is 3. The lowest BCUT2D eigenvalue weighted by atomic mass is 9.70. The smallest absolute Gasteiger partial charge is 0.246 e. The normalized spacial score (nSPS) is 33.1. The Balaban J connectivity index is 1.39. The molecule has 0 aromatic carbocycles. The van der Waals surface area contributed by atoms with Crippen LogP contribution in [0.25, 0.3) is 0 Å². The van der Waals surface area contributed by atoms with Crippen molar-refractivity contribution in [3.05, 3.63) is 48.5 Å². The summed E-state index contributed by atoms with van der Waals surface area (Å²) in [6.07, 6.45) is 11.9. The van der Waals surface area contributed by atoms with Crippen LogP contribution in [0.5, 0.6) is 0 Å². The third-order valence-electron chi connectivity index (χ3n) is 7.98. The fraction of sp³-hybridized carbons (Fsp3) is 0.500. The number of carbonyl (C=O) groups excluding carboxylic acids is 3. The van der Waals surface area contributed by atoms with E-state index in [2.05, 4.69) is 20.8 Å². The maximum atomic E-state index is 14.1. The highest BCUT2D eigenvalue weighted by atomic mass is 16.5. The average Bonchev–Trinajstić information content (AvgIpc) is 3.57. The van der Waals surface area contributed by atoms with Crippen LogP contribution in [-0.2, 0) is 19.1 Å². The van der Waals surface area contributed by atoms with Crippen LogP contribution >= 0.6 is 0 Å². The molecule has 188 valence electrons. The van der Waals surface area contributed by atoms with Gasteiger partial charge in [-0.05, 0) is 38.8 Å². The van der Waals surface area contributed by atoms with Crippen molar-refractivity contribution in [1.82, 2.24) is 15.5 Å². The number of nitrogens with zero attached hydrogens (tertiary/aromatic N) is 3. The molecule has 1 saturated carbocycles. The second-order valence-corrected chi connectivity index (χ2v) is 10.4. The summed E-state index contributed by atoms with van der Waals surface area (Å²) in [7, 11) is 0. The van der Waals surface area contributed by atoms with Crippen molar-refractivity contribution in [3.63, 3.8) is 0 Å². The van der Waals surface area contributed by atoms with Crippen molar-refractivity contribution < 1.29 is 23.6 Å². The lowest BCUT2D eigenvalue weighted by Crippen LogP contribution is -2.56. The topological polar surface area (TPSA) is 127 Å². The van der Waals surface area contributed by atoms with Crippen molar-refractivity contribution in [3.8, 4) is 0 Å². The number of aryl methyl sites for hydroxylation is 1. The summed E-state index contributed by atoms with van der Waals surface area (Å²) in [5.74, 6) is -1.95. The molecule has 6 rings (SSSR count). The Bertz CT molecular complexity index is 1240. The van der Waals surface area contributed by atoms with Crippen LogP contribution in [-0.4, -0.2) is 51.1 Å². The summed E-state index contributed by atoms with van der Waals surface area (Å²) in [5, 5.41) is 9.80. The lowest BCUT2D eigenvalue weighted by molar-refractivity contribution is -0.131. The van der Waals surface area contributed by atoms with Gasteiger partial charge in [-0.15, -0.1) is 0 Å². The van der Waals surface area contributed by atoms with Crippen LogP contribution in [0, 0.1) is 18.8 Å². The van der Waals surface area contributed by atoms with Crippen molar-refractivity contribution >= 4 is 29.2 Å². The van der Waals surface area contributed by atoms with E-state index in [1.807, 2.05) is 6.08 Å². The van der Waals surface area contributed by atoms with Crippen molar-refractivity contribution in [2.45, 2.75) is 69.2 Å². The molecule has 3 amide bonds. The Morgan fingerprint density at radius 3 is 2.67 bits per heavy atom. The molecule has 10 heteroatoms. The minimum atomic E-state index is -1.28. The number of amides is 3. The highest BCUT2D eigenvalue weighted by molar-refractivity contribution is 6.11. The highest BCUT2D eigenvalue weighted by Crippen LogP contribution is 2.60. The summed E-state index contributed by atoms with van der Waals surface area (Å²) in [5.41, 5.74) is -1.83. The molecule has 3 aliphatic heterocycles. The third kappa shape index (κ3) is 3.38. The molecular weight excluding hydrogens is 462 g/mol. The van der Waals surface area contributed by atoms with Gasteiger partial charge in [0, 0.05) is 18.3 Å². The molecular formula is C26H29N5O5. The Morgan fingerprint density at radius 2 is 1.97 bits per heavy atom. The van der Waals surface area contributed by atoms with Crippen LogP contribution in [0.1, 0.15) is 44.8 Å². The standard InChI is InChI=1S/C26H29N5O5/c1-15-13-18(30-35-15)29-22(32)19-20-24(34)31(17-9-6-12-27-14-17)21(26(20)11-10-25(19,2)36-26)23(33)28-16-7-4-3-5-8-16/h6,9-14,16,19-21H,3-5,7-8H2,1-2H3,(H,28,33)(H,29,30,32). The molecule has 1 aliphatic carbocycles. The second kappa shape index (κ2) is 8.26. The van der Waals surface area contributed by atoms with Crippen LogP contribution in [0.4, 0.5) is 11.5 Å². The summed E-state index contributed by atoms with van der Waals surface area (Å²) >= 11 is 0. The number of fused-ring (bicyclic) bond motifs is 1. The zero-order valence-electron chi connectivity index (χ0n) is 20.3. The van der Waals surface area contributed by atoms with Crippen LogP contribution in [0.3, 0.4) is 0 Å². The highest BCUT2D eigenvalue weighted by Gasteiger charge is 2.76. The molecule has 5 heterocycles. The average molecular weight is 492 g/mol. The zero-order chi connectivity index (χ0) is 25.1. The van der Waals surface area contributed by atoms with E-state index in [0.717, 1.165) is 32.1 Å². The first-order valence-corrected chi connectivity index (χ1v) is 12.5. The zero-order valence-corrected chi connectivity index (χ0v) is 20.3. The molecule has 36 heavy (non-hydrogen) atoms. The van der Waals surface area contributed by atoms with Gasteiger partial charge in [0.05, 0.1) is 29.3 Å². The van der Waals surface area contributed by atoms with Gasteiger partial charge in [-0.1, -0.05) is 36.6 Å². The van der Waals surface area contributed by atoms with E-state index in [0.29, 0.717) is 11.4 Å². The molecule has 2 N–H and O–H groups in total. The molecule has 2 saturated heterocycles. The number of rotatable bonds is 5. The number of hydrogen-bond acceptors (Lipinski definition) is 7. The summed E-state index contributed by atoms with van der Waals surface area (Å²) < 4.78 is 11.6. The molecule has 1 spiro atoms. The van der Waals surface area contributed by atoms with Crippen molar-refractivity contribution in [1.29, 1.82) is 0 Å². The number of hydrogen-bond donors (Lipinski definition) is 2. The van der Waals surface area contributed by atoms with E-state index in [-0.39, 0.29) is 23.7 Å². The van der Waals surface area contributed by atoms with E-state index in [9.17, 15) is 14.4 Å². The molecule has 2 aromatic heterocycles. The fourth-order valence-corrected chi connectivity index (χ4v) is 6.46. The van der Waals surface area contributed by atoms with E-state index in [1.165, 1.54) is 4.90 Å².